The minimum Gasteiger partial charge on any atom is -0.493 e. The van der Waals surface area contributed by atoms with E-state index < -0.39 is 6.10 Å². The van der Waals surface area contributed by atoms with Crippen molar-refractivity contribution in [1.82, 2.24) is 9.80 Å². The van der Waals surface area contributed by atoms with Crippen molar-refractivity contribution in [3.05, 3.63) is 17.7 Å². The fraction of sp³-hybridized carbons (Fsp3) is 0.696. The second-order valence-electron chi connectivity index (χ2n) is 8.38. The molecule has 1 saturated heterocycles. The first-order valence-corrected chi connectivity index (χ1v) is 10.9. The number of hydrogen-bond donors (Lipinski definition) is 1. The maximum atomic E-state index is 13.5. The standard InChI is InChI=1S/C23H38N2O7/c1-16(2)11-25(14-19-13-24(7-8-32-19)12-18(26)15-28-3)23(27)17-9-20(29-4)22(31-6)21(10-17)30-5/h9-10,16,18-19,26H,7-8,11-15H2,1-6H3. The molecule has 0 bridgehead atoms. The van der Waals surface area contributed by atoms with Crippen LogP contribution in [0.2, 0.25) is 0 Å². The number of carbonyl (C=O) groups excluding carboxylic acids is 1. The SMILES string of the molecule is COCC(O)CN1CCOC(CN(CC(C)C)C(=O)c2cc(OC)c(OC)c(OC)c2)C1. The lowest BCUT2D eigenvalue weighted by atomic mass is 10.1. The van der Waals surface area contributed by atoms with Crippen molar-refractivity contribution in [3.8, 4) is 17.2 Å². The smallest absolute Gasteiger partial charge is 0.254 e. The number of nitrogens with zero attached hydrogens (tertiary/aromatic N) is 2. The van der Waals surface area contributed by atoms with Gasteiger partial charge in [-0.25, -0.2) is 0 Å². The molecule has 0 spiro atoms. The Morgan fingerprint density at radius 3 is 2.38 bits per heavy atom. The molecule has 2 unspecified atom stereocenters. The average molecular weight is 455 g/mol. The van der Waals surface area contributed by atoms with Crippen LogP contribution in [0.15, 0.2) is 12.1 Å². The van der Waals surface area contributed by atoms with E-state index >= 15 is 0 Å². The predicted octanol–water partition coefficient (Wildman–Crippen LogP) is 1.52. The lowest BCUT2D eigenvalue weighted by Gasteiger charge is -2.37. The number of β-amino-alcohol motifs (C(OH)–C–C–N with tert-alkyl or cyclic N) is 1. The Morgan fingerprint density at radius 1 is 1.19 bits per heavy atom. The van der Waals surface area contributed by atoms with Crippen LogP contribution in [0.3, 0.4) is 0 Å². The van der Waals surface area contributed by atoms with Crippen LogP contribution in [0.1, 0.15) is 24.2 Å². The molecule has 2 rings (SSSR count). The molecule has 9 nitrogen and oxygen atoms in total. The Kier molecular flexibility index (Phi) is 10.5. The van der Waals surface area contributed by atoms with Gasteiger partial charge in [-0.1, -0.05) is 13.8 Å². The first-order valence-electron chi connectivity index (χ1n) is 10.9. The van der Waals surface area contributed by atoms with Crippen molar-refractivity contribution in [2.45, 2.75) is 26.1 Å². The van der Waals surface area contributed by atoms with Gasteiger partial charge in [-0.15, -0.1) is 0 Å². The molecule has 9 heteroatoms. The van der Waals surface area contributed by atoms with Crippen LogP contribution >= 0.6 is 0 Å². The molecule has 1 fully saturated rings. The van der Waals surface area contributed by atoms with Crippen molar-refractivity contribution < 1.29 is 33.6 Å². The summed E-state index contributed by atoms with van der Waals surface area (Å²) in [7, 11) is 6.16. The first kappa shape index (κ1) is 26.2. The topological polar surface area (TPSA) is 89.9 Å². The zero-order chi connectivity index (χ0) is 23.7. The Labute approximate surface area is 191 Å². The van der Waals surface area contributed by atoms with Crippen molar-refractivity contribution in [3.63, 3.8) is 0 Å². The summed E-state index contributed by atoms with van der Waals surface area (Å²) in [6.45, 7) is 7.92. The quantitative estimate of drug-likeness (QED) is 0.509. The summed E-state index contributed by atoms with van der Waals surface area (Å²) in [4.78, 5) is 17.4. The monoisotopic (exact) mass is 454 g/mol. The van der Waals surface area contributed by atoms with Crippen molar-refractivity contribution in [1.29, 1.82) is 0 Å². The molecular formula is C23H38N2O7. The number of carbonyl (C=O) groups is 1. The molecule has 1 aliphatic heterocycles. The summed E-state index contributed by atoms with van der Waals surface area (Å²) in [5.41, 5.74) is 0.461. The van der Waals surface area contributed by atoms with Gasteiger partial charge in [0.2, 0.25) is 5.75 Å². The minimum absolute atomic E-state index is 0.127. The zero-order valence-electron chi connectivity index (χ0n) is 20.1. The van der Waals surface area contributed by atoms with E-state index in [1.807, 2.05) is 4.90 Å². The number of morpholine rings is 1. The van der Waals surface area contributed by atoms with Crippen LogP contribution in [0, 0.1) is 5.92 Å². The van der Waals surface area contributed by atoms with Gasteiger partial charge in [-0.2, -0.15) is 0 Å². The van der Waals surface area contributed by atoms with Gasteiger partial charge in [0, 0.05) is 45.4 Å². The molecule has 0 saturated carbocycles. The van der Waals surface area contributed by atoms with Gasteiger partial charge in [-0.3, -0.25) is 9.69 Å². The van der Waals surface area contributed by atoms with Gasteiger partial charge in [-0.05, 0) is 18.1 Å². The molecule has 0 aliphatic carbocycles. The maximum absolute atomic E-state index is 13.5. The summed E-state index contributed by atoms with van der Waals surface area (Å²) in [6.07, 6.45) is -0.699. The zero-order valence-corrected chi connectivity index (χ0v) is 20.1. The number of amides is 1. The summed E-state index contributed by atoms with van der Waals surface area (Å²) < 4.78 is 27.2. The molecule has 0 radical (unpaired) electrons. The van der Waals surface area contributed by atoms with E-state index in [0.29, 0.717) is 62.2 Å². The minimum atomic E-state index is -0.550. The van der Waals surface area contributed by atoms with Crippen LogP contribution in [-0.4, -0.2) is 107 Å². The Bertz CT molecular complexity index is 703. The van der Waals surface area contributed by atoms with Gasteiger partial charge < -0.3 is 33.7 Å². The summed E-state index contributed by atoms with van der Waals surface area (Å²) in [5, 5.41) is 10.1. The molecule has 0 aromatic heterocycles. The second kappa shape index (κ2) is 12.8. The van der Waals surface area contributed by atoms with Crippen LogP contribution in [-0.2, 0) is 9.47 Å². The Balaban J connectivity index is 2.18. The van der Waals surface area contributed by atoms with Gasteiger partial charge in [0.25, 0.3) is 5.91 Å². The van der Waals surface area contributed by atoms with Crippen molar-refractivity contribution >= 4 is 5.91 Å². The van der Waals surface area contributed by atoms with Crippen LogP contribution in [0.5, 0.6) is 17.2 Å². The molecule has 1 aromatic carbocycles. The van der Waals surface area contributed by atoms with Gasteiger partial charge in [0.15, 0.2) is 11.5 Å². The number of methoxy groups -OCH3 is 4. The Hall–Kier alpha value is -2.07. The van der Waals surface area contributed by atoms with Crippen LogP contribution in [0.4, 0.5) is 0 Å². The van der Waals surface area contributed by atoms with E-state index in [4.69, 9.17) is 23.7 Å². The number of aliphatic hydroxyl groups excluding tert-OH is 1. The van der Waals surface area contributed by atoms with E-state index in [0.717, 1.165) is 6.54 Å². The van der Waals surface area contributed by atoms with Gasteiger partial charge in [0.1, 0.15) is 0 Å². The Morgan fingerprint density at radius 2 is 1.84 bits per heavy atom. The number of hydrogen-bond acceptors (Lipinski definition) is 8. The normalized spacial score (nSPS) is 17.8. The fourth-order valence-electron chi connectivity index (χ4n) is 3.91. The molecule has 1 N–H and O–H groups in total. The van der Waals surface area contributed by atoms with Gasteiger partial charge in [0.05, 0.1) is 46.8 Å². The lowest BCUT2D eigenvalue weighted by Crippen LogP contribution is -2.51. The fourth-order valence-corrected chi connectivity index (χ4v) is 3.91. The molecule has 1 aliphatic rings. The number of benzene rings is 1. The predicted molar refractivity (Wildman–Crippen MR) is 121 cm³/mol. The second-order valence-corrected chi connectivity index (χ2v) is 8.38. The van der Waals surface area contributed by atoms with E-state index in [2.05, 4.69) is 18.7 Å². The van der Waals surface area contributed by atoms with Crippen LogP contribution < -0.4 is 14.2 Å². The highest BCUT2D eigenvalue weighted by atomic mass is 16.5. The highest BCUT2D eigenvalue weighted by molar-refractivity contribution is 5.95. The molecule has 32 heavy (non-hydrogen) atoms. The molecular weight excluding hydrogens is 416 g/mol. The third kappa shape index (κ3) is 7.23. The average Bonchev–Trinajstić information content (AvgIpc) is 2.77. The largest absolute Gasteiger partial charge is 0.493 e. The highest BCUT2D eigenvalue weighted by Gasteiger charge is 2.28. The number of rotatable bonds is 12. The maximum Gasteiger partial charge on any atom is 0.254 e. The van der Waals surface area contributed by atoms with Crippen molar-refractivity contribution in [2.75, 3.05) is 74.4 Å². The van der Waals surface area contributed by atoms with E-state index in [-0.39, 0.29) is 17.9 Å². The van der Waals surface area contributed by atoms with Crippen molar-refractivity contribution in [2.24, 2.45) is 5.92 Å². The summed E-state index contributed by atoms with van der Waals surface area (Å²) in [6, 6.07) is 3.35. The highest BCUT2D eigenvalue weighted by Crippen LogP contribution is 2.38. The molecule has 1 heterocycles. The summed E-state index contributed by atoms with van der Waals surface area (Å²) >= 11 is 0. The lowest BCUT2D eigenvalue weighted by molar-refractivity contribution is -0.0569. The van der Waals surface area contributed by atoms with E-state index in [1.165, 1.54) is 21.3 Å². The van der Waals surface area contributed by atoms with Gasteiger partial charge >= 0.3 is 0 Å². The molecule has 2 atom stereocenters. The van der Waals surface area contributed by atoms with E-state index in [9.17, 15) is 9.90 Å². The number of aliphatic hydroxyl groups is 1. The summed E-state index contributed by atoms with van der Waals surface area (Å²) in [5.74, 6) is 1.48. The third-order valence-electron chi connectivity index (χ3n) is 5.26. The number of ether oxygens (including phenoxy) is 5. The van der Waals surface area contributed by atoms with Crippen LogP contribution in [0.25, 0.3) is 0 Å². The molecule has 182 valence electrons. The van der Waals surface area contributed by atoms with E-state index in [1.54, 1.807) is 19.2 Å². The first-order chi connectivity index (χ1) is 15.3. The molecule has 1 amide bonds. The molecule has 1 aromatic rings. The third-order valence-corrected chi connectivity index (χ3v) is 5.26.